The third-order valence-electron chi connectivity index (χ3n) is 4.29. The Balaban J connectivity index is 0.00000288. The number of nitrogens with one attached hydrogen (secondary N) is 3. The number of carbonyl (C=O) groups is 1. The molecule has 0 aliphatic carbocycles. The number of carbonyl (C=O) groups excluding carboxylic acids is 1. The van der Waals surface area contributed by atoms with E-state index in [4.69, 9.17) is 0 Å². The molecule has 1 unspecified atom stereocenters. The first-order valence-electron chi connectivity index (χ1n) is 7.90. The van der Waals surface area contributed by atoms with Gasteiger partial charge in [-0.25, -0.2) is 13.1 Å². The number of rotatable bonds is 5. The molecule has 0 saturated carbocycles. The lowest BCUT2D eigenvalue weighted by Gasteiger charge is -2.28. The van der Waals surface area contributed by atoms with E-state index in [1.165, 1.54) is 7.05 Å². The van der Waals surface area contributed by atoms with E-state index in [1.54, 1.807) is 18.2 Å². The summed E-state index contributed by atoms with van der Waals surface area (Å²) in [6.45, 7) is 4.80. The fourth-order valence-electron chi connectivity index (χ4n) is 2.85. The summed E-state index contributed by atoms with van der Waals surface area (Å²) in [4.78, 5) is 12.6. The summed E-state index contributed by atoms with van der Waals surface area (Å²) in [6, 6.07) is 6.76. The molecule has 3 N–H and O–H groups in total. The minimum atomic E-state index is -3.48. The molecule has 6 nitrogen and oxygen atoms in total. The zero-order chi connectivity index (χ0) is 17.0. The largest absolute Gasteiger partial charge is 0.349 e. The molecule has 3 atom stereocenters. The van der Waals surface area contributed by atoms with Crippen LogP contribution in [0.5, 0.6) is 0 Å². The standard InChI is InChI=1S/C16H25N3O3S.ClH/c1-11-9-14(7-8-18-11)16(20)19-12(2)13-5-4-6-15(10-13)23(21,22)17-3;/h4-6,10-12,14,17-18H,7-9H2,1-3H3,(H,19,20);1H/t11-,12?,14-;/m0./s1. The molecule has 1 aromatic carbocycles. The van der Waals surface area contributed by atoms with Crippen molar-refractivity contribution in [2.75, 3.05) is 13.6 Å². The Morgan fingerprint density at radius 1 is 1.38 bits per heavy atom. The quantitative estimate of drug-likeness (QED) is 0.729. The van der Waals surface area contributed by atoms with Gasteiger partial charge in [-0.2, -0.15) is 0 Å². The molecular formula is C16H26ClN3O3S. The van der Waals surface area contributed by atoms with Crippen molar-refractivity contribution in [2.45, 2.75) is 43.7 Å². The fourth-order valence-corrected chi connectivity index (χ4v) is 3.64. The van der Waals surface area contributed by atoms with Gasteiger partial charge in [0.15, 0.2) is 0 Å². The predicted octanol–water partition coefficient (Wildman–Crippen LogP) is 1.58. The lowest BCUT2D eigenvalue weighted by atomic mass is 9.92. The molecule has 1 heterocycles. The summed E-state index contributed by atoms with van der Waals surface area (Å²) in [7, 11) is -2.10. The van der Waals surface area contributed by atoms with Crippen molar-refractivity contribution in [1.82, 2.24) is 15.4 Å². The molecule has 24 heavy (non-hydrogen) atoms. The highest BCUT2D eigenvalue weighted by Crippen LogP contribution is 2.20. The van der Waals surface area contributed by atoms with Crippen molar-refractivity contribution >= 4 is 28.3 Å². The van der Waals surface area contributed by atoms with Gasteiger partial charge in [-0.15, -0.1) is 12.4 Å². The van der Waals surface area contributed by atoms with E-state index in [2.05, 4.69) is 22.3 Å². The highest BCUT2D eigenvalue weighted by molar-refractivity contribution is 7.89. The molecule has 2 rings (SSSR count). The molecule has 1 amide bonds. The summed E-state index contributed by atoms with van der Waals surface area (Å²) in [5.41, 5.74) is 0.775. The molecule has 1 aliphatic rings. The molecule has 1 saturated heterocycles. The topological polar surface area (TPSA) is 87.3 Å². The second-order valence-corrected chi connectivity index (χ2v) is 7.97. The van der Waals surface area contributed by atoms with Crippen molar-refractivity contribution in [2.24, 2.45) is 5.92 Å². The lowest BCUT2D eigenvalue weighted by Crippen LogP contribution is -2.43. The Bertz CT molecular complexity index is 666. The molecule has 8 heteroatoms. The Morgan fingerprint density at radius 2 is 2.08 bits per heavy atom. The SMILES string of the molecule is CNS(=O)(=O)c1cccc(C(C)NC(=O)[C@H]2CCN[C@@H](C)C2)c1.Cl. The third kappa shape index (κ3) is 5.17. The number of halogens is 1. The van der Waals surface area contributed by atoms with E-state index >= 15 is 0 Å². The second kappa shape index (κ2) is 8.80. The maximum Gasteiger partial charge on any atom is 0.240 e. The highest BCUT2D eigenvalue weighted by Gasteiger charge is 2.26. The number of hydrogen-bond acceptors (Lipinski definition) is 4. The zero-order valence-electron chi connectivity index (χ0n) is 14.2. The first kappa shape index (κ1) is 20.9. The van der Waals surface area contributed by atoms with Gasteiger partial charge < -0.3 is 10.6 Å². The van der Waals surface area contributed by atoms with Gasteiger partial charge in [-0.3, -0.25) is 4.79 Å². The van der Waals surface area contributed by atoms with Crippen molar-refractivity contribution in [3.63, 3.8) is 0 Å². The Hall–Kier alpha value is -1.15. The van der Waals surface area contributed by atoms with E-state index in [-0.39, 0.29) is 35.2 Å². The van der Waals surface area contributed by atoms with Crippen molar-refractivity contribution in [3.8, 4) is 0 Å². The summed E-state index contributed by atoms with van der Waals surface area (Å²) < 4.78 is 26.1. The monoisotopic (exact) mass is 375 g/mol. The Labute approximate surface area is 150 Å². The fraction of sp³-hybridized carbons (Fsp3) is 0.562. The van der Waals surface area contributed by atoms with Crippen LogP contribution in [0.1, 0.15) is 38.3 Å². The summed E-state index contributed by atoms with van der Waals surface area (Å²) >= 11 is 0. The smallest absolute Gasteiger partial charge is 0.240 e. The van der Waals surface area contributed by atoms with Crippen LogP contribution in [0, 0.1) is 5.92 Å². The summed E-state index contributed by atoms with van der Waals surface area (Å²) in [5.74, 6) is 0.0469. The number of sulfonamides is 1. The highest BCUT2D eigenvalue weighted by atomic mass is 35.5. The molecule has 1 aromatic rings. The molecule has 0 spiro atoms. The van der Waals surface area contributed by atoms with Crippen LogP contribution in [0.15, 0.2) is 29.2 Å². The van der Waals surface area contributed by atoms with Gasteiger partial charge in [-0.05, 0) is 58.0 Å². The van der Waals surface area contributed by atoms with Crippen LogP contribution in [-0.4, -0.2) is 34.0 Å². The lowest BCUT2D eigenvalue weighted by molar-refractivity contribution is -0.126. The average molecular weight is 376 g/mol. The van der Waals surface area contributed by atoms with Crippen LogP contribution in [0.3, 0.4) is 0 Å². The molecule has 1 fully saturated rings. The van der Waals surface area contributed by atoms with E-state index in [0.29, 0.717) is 6.04 Å². The van der Waals surface area contributed by atoms with Crippen LogP contribution < -0.4 is 15.4 Å². The number of hydrogen-bond donors (Lipinski definition) is 3. The maximum absolute atomic E-state index is 12.4. The number of piperidine rings is 1. The van der Waals surface area contributed by atoms with Gasteiger partial charge in [0.25, 0.3) is 0 Å². The average Bonchev–Trinajstić information content (AvgIpc) is 2.55. The van der Waals surface area contributed by atoms with Crippen LogP contribution in [0.25, 0.3) is 0 Å². The molecule has 0 aromatic heterocycles. The van der Waals surface area contributed by atoms with E-state index < -0.39 is 10.0 Å². The van der Waals surface area contributed by atoms with Crippen LogP contribution in [-0.2, 0) is 14.8 Å². The maximum atomic E-state index is 12.4. The van der Waals surface area contributed by atoms with E-state index in [0.717, 1.165) is 24.9 Å². The minimum absolute atomic E-state index is 0. The number of benzene rings is 1. The van der Waals surface area contributed by atoms with Crippen molar-refractivity contribution < 1.29 is 13.2 Å². The summed E-state index contributed by atoms with van der Waals surface area (Å²) in [6.07, 6.45) is 1.66. The first-order chi connectivity index (χ1) is 10.8. The normalized spacial score (nSPS) is 22.3. The van der Waals surface area contributed by atoms with Gasteiger partial charge >= 0.3 is 0 Å². The van der Waals surface area contributed by atoms with Crippen molar-refractivity contribution in [3.05, 3.63) is 29.8 Å². The molecule has 136 valence electrons. The molecule has 0 radical (unpaired) electrons. The third-order valence-corrected chi connectivity index (χ3v) is 5.70. The van der Waals surface area contributed by atoms with Gasteiger partial charge in [-0.1, -0.05) is 12.1 Å². The number of amides is 1. The Morgan fingerprint density at radius 3 is 2.71 bits per heavy atom. The molecule has 0 bridgehead atoms. The van der Waals surface area contributed by atoms with Crippen molar-refractivity contribution in [1.29, 1.82) is 0 Å². The minimum Gasteiger partial charge on any atom is -0.349 e. The summed E-state index contributed by atoms with van der Waals surface area (Å²) in [5, 5.41) is 6.33. The predicted molar refractivity (Wildman–Crippen MR) is 96.7 cm³/mol. The van der Waals surface area contributed by atoms with Crippen LogP contribution in [0.2, 0.25) is 0 Å². The Kier molecular flexibility index (Phi) is 7.66. The van der Waals surface area contributed by atoms with Crippen LogP contribution >= 0.6 is 12.4 Å². The van der Waals surface area contributed by atoms with E-state index in [9.17, 15) is 13.2 Å². The zero-order valence-corrected chi connectivity index (χ0v) is 15.8. The van der Waals surface area contributed by atoms with Gasteiger partial charge in [0.1, 0.15) is 0 Å². The van der Waals surface area contributed by atoms with Gasteiger partial charge in [0.05, 0.1) is 10.9 Å². The second-order valence-electron chi connectivity index (χ2n) is 6.09. The van der Waals surface area contributed by atoms with Crippen LogP contribution in [0.4, 0.5) is 0 Å². The van der Waals surface area contributed by atoms with Gasteiger partial charge in [0, 0.05) is 12.0 Å². The van der Waals surface area contributed by atoms with E-state index in [1.807, 2.05) is 13.0 Å². The molecule has 1 aliphatic heterocycles. The molecular weight excluding hydrogens is 350 g/mol. The van der Waals surface area contributed by atoms with Gasteiger partial charge in [0.2, 0.25) is 15.9 Å². The first-order valence-corrected chi connectivity index (χ1v) is 9.39.